The van der Waals surface area contributed by atoms with Crippen molar-refractivity contribution < 1.29 is 4.79 Å². The number of hydrogen-bond acceptors (Lipinski definition) is 4. The highest BCUT2D eigenvalue weighted by atomic mass is 16.2. The molecule has 0 bridgehead atoms. The molecule has 1 saturated heterocycles. The molecule has 2 aromatic rings. The minimum absolute atomic E-state index is 0.0563. The van der Waals surface area contributed by atoms with Gasteiger partial charge in [0, 0.05) is 49.5 Å². The van der Waals surface area contributed by atoms with Gasteiger partial charge in [-0.25, -0.2) is 4.79 Å². The molecule has 0 saturated carbocycles. The van der Waals surface area contributed by atoms with Gasteiger partial charge in [0.15, 0.2) is 0 Å². The number of nitrogens with zero attached hydrogens (tertiary/aromatic N) is 2. The summed E-state index contributed by atoms with van der Waals surface area (Å²) in [4.78, 5) is 44.6. The summed E-state index contributed by atoms with van der Waals surface area (Å²) in [6, 6.07) is 10.7. The van der Waals surface area contributed by atoms with Crippen LogP contribution in [0.2, 0.25) is 0 Å². The lowest BCUT2D eigenvalue weighted by Crippen LogP contribution is -2.45. The van der Waals surface area contributed by atoms with E-state index < -0.39 is 11.2 Å². The minimum Gasteiger partial charge on any atom is -0.371 e. The largest absolute Gasteiger partial charge is 0.371 e. The number of amides is 1. The fourth-order valence-corrected chi connectivity index (χ4v) is 3.69. The molecule has 7 nitrogen and oxygen atoms in total. The monoisotopic (exact) mass is 370 g/mol. The van der Waals surface area contributed by atoms with Gasteiger partial charge in [-0.15, -0.1) is 0 Å². The molecule has 2 heterocycles. The van der Waals surface area contributed by atoms with E-state index in [0.717, 1.165) is 25.9 Å². The number of benzene rings is 1. The number of aromatic amines is 2. The SMILES string of the molecule is Cc1[nH]c(=O)[nH]c(=O)c1CCC(=O)N1CCC(N(C)c2ccccc2)CC1. The smallest absolute Gasteiger partial charge is 0.325 e. The second-order valence-corrected chi connectivity index (χ2v) is 7.07. The van der Waals surface area contributed by atoms with Crippen molar-refractivity contribution >= 4 is 11.6 Å². The molecule has 1 aliphatic rings. The van der Waals surface area contributed by atoms with Crippen molar-refractivity contribution in [2.45, 2.75) is 38.6 Å². The molecule has 1 aromatic heterocycles. The van der Waals surface area contributed by atoms with Crippen LogP contribution in [0, 0.1) is 6.92 Å². The van der Waals surface area contributed by atoms with Crippen LogP contribution >= 0.6 is 0 Å². The Kier molecular flexibility index (Phi) is 5.78. The number of likely N-dealkylation sites (tertiary alicyclic amines) is 1. The van der Waals surface area contributed by atoms with Crippen molar-refractivity contribution in [2.75, 3.05) is 25.0 Å². The molecule has 144 valence electrons. The van der Waals surface area contributed by atoms with Gasteiger partial charge in [-0.2, -0.15) is 0 Å². The quantitative estimate of drug-likeness (QED) is 0.833. The average Bonchev–Trinajstić information content (AvgIpc) is 2.67. The predicted octanol–water partition coefficient (Wildman–Crippen LogP) is 1.43. The molecule has 0 spiro atoms. The predicted molar refractivity (Wildman–Crippen MR) is 105 cm³/mol. The van der Waals surface area contributed by atoms with Crippen LogP contribution in [0.25, 0.3) is 0 Å². The molecule has 1 fully saturated rings. The molecule has 7 heteroatoms. The lowest BCUT2D eigenvalue weighted by atomic mass is 10.0. The van der Waals surface area contributed by atoms with Crippen LogP contribution in [-0.2, 0) is 11.2 Å². The fourth-order valence-electron chi connectivity index (χ4n) is 3.69. The van der Waals surface area contributed by atoms with Crippen molar-refractivity contribution in [2.24, 2.45) is 0 Å². The zero-order valence-corrected chi connectivity index (χ0v) is 15.8. The first-order chi connectivity index (χ1) is 13.0. The van der Waals surface area contributed by atoms with E-state index in [2.05, 4.69) is 34.0 Å². The van der Waals surface area contributed by atoms with Crippen molar-refractivity contribution in [3.8, 4) is 0 Å². The van der Waals surface area contributed by atoms with Crippen LogP contribution in [0.5, 0.6) is 0 Å². The van der Waals surface area contributed by atoms with Gasteiger partial charge in [0.2, 0.25) is 5.91 Å². The van der Waals surface area contributed by atoms with Crippen LogP contribution in [0.15, 0.2) is 39.9 Å². The zero-order valence-electron chi connectivity index (χ0n) is 15.8. The third-order valence-corrected chi connectivity index (χ3v) is 5.37. The Labute approximate surface area is 158 Å². The number of H-pyrrole nitrogens is 2. The third-order valence-electron chi connectivity index (χ3n) is 5.37. The Morgan fingerprint density at radius 3 is 2.44 bits per heavy atom. The van der Waals surface area contributed by atoms with Gasteiger partial charge in [0.25, 0.3) is 5.56 Å². The summed E-state index contributed by atoms with van der Waals surface area (Å²) in [7, 11) is 2.10. The fraction of sp³-hybridized carbons (Fsp3) is 0.450. The number of carbonyl (C=O) groups excluding carboxylic acids is 1. The maximum atomic E-state index is 12.5. The third kappa shape index (κ3) is 4.48. The van der Waals surface area contributed by atoms with Gasteiger partial charge in [-0.05, 0) is 38.3 Å². The maximum absolute atomic E-state index is 12.5. The molecule has 27 heavy (non-hydrogen) atoms. The van der Waals surface area contributed by atoms with Gasteiger partial charge in [-0.3, -0.25) is 14.6 Å². The Morgan fingerprint density at radius 2 is 1.81 bits per heavy atom. The summed E-state index contributed by atoms with van der Waals surface area (Å²) in [6.07, 6.45) is 2.46. The van der Waals surface area contributed by atoms with E-state index in [1.54, 1.807) is 6.92 Å². The molecule has 0 aliphatic carbocycles. The van der Waals surface area contributed by atoms with Crippen molar-refractivity contribution in [1.82, 2.24) is 14.9 Å². The van der Waals surface area contributed by atoms with E-state index in [-0.39, 0.29) is 12.3 Å². The lowest BCUT2D eigenvalue weighted by Gasteiger charge is -2.38. The first-order valence-electron chi connectivity index (χ1n) is 9.33. The number of nitrogens with one attached hydrogen (secondary N) is 2. The highest BCUT2D eigenvalue weighted by Gasteiger charge is 2.25. The minimum atomic E-state index is -0.516. The average molecular weight is 370 g/mol. The number of hydrogen-bond donors (Lipinski definition) is 2. The summed E-state index contributed by atoms with van der Waals surface area (Å²) in [5, 5.41) is 0. The Morgan fingerprint density at radius 1 is 1.15 bits per heavy atom. The van der Waals surface area contributed by atoms with Crippen molar-refractivity contribution in [1.29, 1.82) is 0 Å². The topological polar surface area (TPSA) is 89.3 Å². The number of aromatic nitrogens is 2. The van der Waals surface area contributed by atoms with Gasteiger partial charge in [-0.1, -0.05) is 18.2 Å². The van der Waals surface area contributed by atoms with Gasteiger partial charge >= 0.3 is 5.69 Å². The van der Waals surface area contributed by atoms with Crippen LogP contribution < -0.4 is 16.1 Å². The number of carbonyl (C=O) groups is 1. The van der Waals surface area contributed by atoms with Crippen molar-refractivity contribution in [3.63, 3.8) is 0 Å². The first kappa shape index (κ1) is 18.9. The van der Waals surface area contributed by atoms with E-state index in [4.69, 9.17) is 0 Å². The van der Waals surface area contributed by atoms with Crippen LogP contribution in [0.4, 0.5) is 5.69 Å². The lowest BCUT2D eigenvalue weighted by molar-refractivity contribution is -0.132. The Bertz CT molecular complexity index is 895. The molecule has 1 amide bonds. The molecular formula is C20H26N4O3. The van der Waals surface area contributed by atoms with Crippen molar-refractivity contribution in [3.05, 3.63) is 62.4 Å². The molecule has 3 rings (SSSR count). The first-order valence-corrected chi connectivity index (χ1v) is 9.33. The molecule has 1 aromatic carbocycles. The van der Waals surface area contributed by atoms with Gasteiger partial charge in [0.1, 0.15) is 0 Å². The number of aryl methyl sites for hydroxylation is 1. The maximum Gasteiger partial charge on any atom is 0.325 e. The van der Waals surface area contributed by atoms with E-state index in [9.17, 15) is 14.4 Å². The molecule has 1 aliphatic heterocycles. The Hall–Kier alpha value is -2.83. The van der Waals surface area contributed by atoms with Crippen LogP contribution in [-0.4, -0.2) is 47.0 Å². The van der Waals surface area contributed by atoms with E-state index >= 15 is 0 Å². The van der Waals surface area contributed by atoms with E-state index in [0.29, 0.717) is 23.7 Å². The second-order valence-electron chi connectivity index (χ2n) is 7.07. The summed E-state index contributed by atoms with van der Waals surface area (Å²) < 4.78 is 0. The number of para-hydroxylation sites is 1. The summed E-state index contributed by atoms with van der Waals surface area (Å²) in [6.45, 7) is 3.13. The molecule has 2 N–H and O–H groups in total. The standard InChI is InChI=1S/C20H26N4O3/c1-14-17(19(26)22-20(27)21-14)8-9-18(25)24-12-10-16(11-13-24)23(2)15-6-4-3-5-7-15/h3-7,16H,8-13H2,1-2H3,(H2,21,22,26,27). The number of piperidine rings is 1. The van der Waals surface area contributed by atoms with Gasteiger partial charge < -0.3 is 14.8 Å². The second kappa shape index (κ2) is 8.24. The summed E-state index contributed by atoms with van der Waals surface area (Å²) in [5.74, 6) is 0.0563. The highest BCUT2D eigenvalue weighted by Crippen LogP contribution is 2.22. The van der Waals surface area contributed by atoms with Crippen LogP contribution in [0.3, 0.4) is 0 Å². The molecular weight excluding hydrogens is 344 g/mol. The molecule has 0 unspecified atom stereocenters. The summed E-state index contributed by atoms with van der Waals surface area (Å²) >= 11 is 0. The van der Waals surface area contributed by atoms with E-state index in [1.165, 1.54) is 5.69 Å². The number of rotatable bonds is 5. The molecule has 0 atom stereocenters. The van der Waals surface area contributed by atoms with Crippen LogP contribution in [0.1, 0.15) is 30.5 Å². The number of anilines is 1. The van der Waals surface area contributed by atoms with E-state index in [1.807, 2.05) is 23.1 Å². The Balaban J connectivity index is 1.53. The molecule has 0 radical (unpaired) electrons. The summed E-state index contributed by atoms with van der Waals surface area (Å²) in [5.41, 5.74) is 1.26. The highest BCUT2D eigenvalue weighted by molar-refractivity contribution is 5.76. The van der Waals surface area contributed by atoms with Gasteiger partial charge in [0.05, 0.1) is 0 Å². The normalized spacial score (nSPS) is 15.0. The zero-order chi connectivity index (χ0) is 19.4.